The van der Waals surface area contributed by atoms with E-state index in [4.69, 9.17) is 10.5 Å². The highest BCUT2D eigenvalue weighted by molar-refractivity contribution is 9.10. The lowest BCUT2D eigenvalue weighted by molar-refractivity contribution is -0.159. The van der Waals surface area contributed by atoms with E-state index in [1.54, 1.807) is 6.07 Å². The fraction of sp³-hybridized carbons (Fsp3) is 0.526. The molecule has 3 rings (SSSR count). The maximum absolute atomic E-state index is 13.6. The Labute approximate surface area is 189 Å². The van der Waals surface area contributed by atoms with Crippen LogP contribution in [0.3, 0.4) is 0 Å². The van der Waals surface area contributed by atoms with E-state index < -0.39 is 79.3 Å². The molecular formula is C19H18BrF3N2O6S. The third-order valence-electron chi connectivity index (χ3n) is 6.51. The summed E-state index contributed by atoms with van der Waals surface area (Å²) >= 11 is 2.89. The van der Waals surface area contributed by atoms with Crippen LogP contribution in [0.2, 0.25) is 0 Å². The highest BCUT2D eigenvalue weighted by atomic mass is 79.9. The van der Waals surface area contributed by atoms with Gasteiger partial charge in [0.2, 0.25) is 5.91 Å². The summed E-state index contributed by atoms with van der Waals surface area (Å²) in [6, 6.07) is 4.31. The van der Waals surface area contributed by atoms with Crippen molar-refractivity contribution in [3.63, 3.8) is 0 Å². The number of carbonyl (C=O) groups is 2. The second-order valence-corrected chi connectivity index (χ2v) is 11.1. The third-order valence-corrected chi connectivity index (χ3v) is 9.21. The number of primary amides is 1. The number of aliphatic carboxylic acids is 1. The molecule has 2 aliphatic rings. The normalized spacial score (nSPS) is 32.3. The van der Waals surface area contributed by atoms with Crippen molar-refractivity contribution in [2.75, 3.05) is 7.11 Å². The number of ether oxygens (including phenoxy) is 1. The van der Waals surface area contributed by atoms with Crippen LogP contribution in [0.1, 0.15) is 24.8 Å². The first-order valence-corrected chi connectivity index (χ1v) is 11.6. The number of carboxylic acids is 1. The lowest BCUT2D eigenvalue weighted by Crippen LogP contribution is -2.44. The van der Waals surface area contributed by atoms with Gasteiger partial charge in [0, 0.05) is 17.5 Å². The molecule has 1 aromatic rings. The van der Waals surface area contributed by atoms with E-state index in [1.165, 1.54) is 0 Å². The van der Waals surface area contributed by atoms with E-state index in [0.717, 1.165) is 19.2 Å². The molecule has 3 N–H and O–H groups in total. The zero-order chi connectivity index (χ0) is 24.3. The second kappa shape index (κ2) is 7.71. The van der Waals surface area contributed by atoms with Crippen molar-refractivity contribution >= 4 is 37.6 Å². The maximum atomic E-state index is 13.6. The molecule has 1 aromatic carbocycles. The van der Waals surface area contributed by atoms with Gasteiger partial charge in [0.1, 0.15) is 10.8 Å². The Morgan fingerprint density at radius 3 is 2.41 bits per heavy atom. The Kier molecular flexibility index (Phi) is 5.89. The highest BCUT2D eigenvalue weighted by Crippen LogP contribution is 2.66. The Morgan fingerprint density at radius 2 is 1.97 bits per heavy atom. The molecule has 5 atom stereocenters. The van der Waals surface area contributed by atoms with E-state index in [-0.39, 0.29) is 10.9 Å². The molecule has 0 radical (unpaired) electrons. The van der Waals surface area contributed by atoms with Crippen molar-refractivity contribution < 1.29 is 41.0 Å². The third kappa shape index (κ3) is 3.48. The molecule has 1 amide bonds. The molecule has 13 heteroatoms. The number of nitriles is 1. The number of amides is 1. The highest BCUT2D eigenvalue weighted by Gasteiger charge is 2.75. The summed E-state index contributed by atoms with van der Waals surface area (Å²) in [6.45, 7) is 0. The SMILES string of the molecule is CO[C@@H]1C[C@H](S(=O)(=O)c2ccc(Br)cc2C(F)(F)F)C[C@@]1(C(=O)O)C1CC1(C#N)C(N)=O. The van der Waals surface area contributed by atoms with Gasteiger partial charge in [0.25, 0.3) is 0 Å². The summed E-state index contributed by atoms with van der Waals surface area (Å²) in [5.41, 5.74) is 0.128. The first kappa shape index (κ1) is 24.5. The predicted octanol–water partition coefficient (Wildman–Crippen LogP) is 2.51. The van der Waals surface area contributed by atoms with Crippen LogP contribution in [0.25, 0.3) is 0 Å². The number of rotatable bonds is 6. The lowest BCUT2D eigenvalue weighted by Gasteiger charge is -2.31. The first-order chi connectivity index (χ1) is 14.7. The van der Waals surface area contributed by atoms with Gasteiger partial charge >= 0.3 is 12.1 Å². The lowest BCUT2D eigenvalue weighted by atomic mass is 9.75. The van der Waals surface area contributed by atoms with Gasteiger partial charge in [0.05, 0.1) is 27.9 Å². The van der Waals surface area contributed by atoms with Crippen molar-refractivity contribution in [3.05, 3.63) is 28.2 Å². The first-order valence-electron chi connectivity index (χ1n) is 9.26. The summed E-state index contributed by atoms with van der Waals surface area (Å²) in [5, 5.41) is 17.9. The van der Waals surface area contributed by atoms with E-state index in [2.05, 4.69) is 15.9 Å². The number of hydrogen-bond donors (Lipinski definition) is 2. The fourth-order valence-corrected chi connectivity index (χ4v) is 7.19. The molecule has 174 valence electrons. The monoisotopic (exact) mass is 538 g/mol. The zero-order valence-corrected chi connectivity index (χ0v) is 18.9. The molecule has 32 heavy (non-hydrogen) atoms. The van der Waals surface area contributed by atoms with Crippen LogP contribution >= 0.6 is 15.9 Å². The van der Waals surface area contributed by atoms with Crippen LogP contribution in [0.5, 0.6) is 0 Å². The maximum Gasteiger partial charge on any atom is 0.417 e. The molecule has 0 spiro atoms. The summed E-state index contributed by atoms with van der Waals surface area (Å²) in [6.07, 6.45) is -7.49. The Balaban J connectivity index is 2.10. The van der Waals surface area contributed by atoms with Crippen molar-refractivity contribution in [1.29, 1.82) is 5.26 Å². The van der Waals surface area contributed by atoms with Crippen molar-refractivity contribution in [1.82, 2.24) is 0 Å². The van der Waals surface area contributed by atoms with Crippen LogP contribution in [0.4, 0.5) is 13.2 Å². The Morgan fingerprint density at radius 1 is 1.34 bits per heavy atom. The van der Waals surface area contributed by atoms with Gasteiger partial charge in [-0.3, -0.25) is 9.59 Å². The number of carbonyl (C=O) groups excluding carboxylic acids is 1. The van der Waals surface area contributed by atoms with Gasteiger partial charge < -0.3 is 15.6 Å². The number of methoxy groups -OCH3 is 1. The molecule has 0 heterocycles. The summed E-state index contributed by atoms with van der Waals surface area (Å²) < 4.78 is 72.5. The smallest absolute Gasteiger partial charge is 0.417 e. The Hall–Kier alpha value is -2.17. The van der Waals surface area contributed by atoms with Crippen LogP contribution in [-0.2, 0) is 30.3 Å². The number of halogens is 4. The van der Waals surface area contributed by atoms with E-state index in [0.29, 0.717) is 6.07 Å². The molecule has 2 unspecified atom stereocenters. The van der Waals surface area contributed by atoms with Crippen molar-refractivity contribution in [3.8, 4) is 6.07 Å². The van der Waals surface area contributed by atoms with Gasteiger partial charge in [-0.25, -0.2) is 8.42 Å². The number of carboxylic acid groups (broad SMARTS) is 1. The van der Waals surface area contributed by atoms with Crippen molar-refractivity contribution in [2.24, 2.45) is 22.5 Å². The largest absolute Gasteiger partial charge is 0.481 e. The number of benzene rings is 1. The quantitative estimate of drug-likeness (QED) is 0.565. The minimum Gasteiger partial charge on any atom is -0.481 e. The van der Waals surface area contributed by atoms with E-state index >= 15 is 0 Å². The average Bonchev–Trinajstić information content (AvgIpc) is 3.32. The molecule has 0 saturated heterocycles. The topological polar surface area (TPSA) is 148 Å². The second-order valence-electron chi connectivity index (χ2n) is 8.02. The molecule has 0 aromatic heterocycles. The molecule has 0 bridgehead atoms. The Bertz CT molecular complexity index is 1130. The van der Waals surface area contributed by atoms with Gasteiger partial charge in [-0.2, -0.15) is 18.4 Å². The van der Waals surface area contributed by atoms with Crippen molar-refractivity contribution in [2.45, 2.75) is 41.7 Å². The predicted molar refractivity (Wildman–Crippen MR) is 106 cm³/mol. The summed E-state index contributed by atoms with van der Waals surface area (Å²) in [7, 11) is -3.53. The molecule has 2 aliphatic carbocycles. The summed E-state index contributed by atoms with van der Waals surface area (Å²) in [4.78, 5) is 23.2. The molecular weight excluding hydrogens is 521 g/mol. The van der Waals surface area contributed by atoms with Gasteiger partial charge in [-0.15, -0.1) is 0 Å². The fourth-order valence-electron chi connectivity index (χ4n) is 4.81. The average molecular weight is 539 g/mol. The van der Waals surface area contributed by atoms with Crippen LogP contribution in [-0.4, -0.2) is 43.9 Å². The standard InChI is InChI=1S/C19H18BrF3N2O6S/c1-31-14-5-10(6-18(14,16(27)28)13-7-17(13,8-24)15(25)26)32(29,30)12-3-2-9(20)4-11(12)19(21,22)23/h2-4,10,13-14H,5-7H2,1H3,(H2,25,26)(H,27,28)/t10-,13?,14+,17?,18+/m0/s1. The van der Waals surface area contributed by atoms with Crippen LogP contribution in [0, 0.1) is 28.1 Å². The number of nitrogens with two attached hydrogens (primary N) is 1. The van der Waals surface area contributed by atoms with Crippen LogP contribution in [0.15, 0.2) is 27.6 Å². The molecule has 2 fully saturated rings. The zero-order valence-electron chi connectivity index (χ0n) is 16.5. The minimum atomic E-state index is -4.98. The summed E-state index contributed by atoms with van der Waals surface area (Å²) in [5.74, 6) is -3.68. The van der Waals surface area contributed by atoms with Gasteiger partial charge in [-0.1, -0.05) is 15.9 Å². The number of nitrogens with zero attached hydrogens (tertiary/aromatic N) is 1. The number of alkyl halides is 3. The molecule has 8 nitrogen and oxygen atoms in total. The van der Waals surface area contributed by atoms with E-state index in [1.807, 2.05) is 0 Å². The van der Waals surface area contributed by atoms with Crippen LogP contribution < -0.4 is 5.73 Å². The van der Waals surface area contributed by atoms with Gasteiger partial charge in [0.15, 0.2) is 9.84 Å². The number of sulfone groups is 1. The molecule has 0 aliphatic heterocycles. The number of hydrogen-bond acceptors (Lipinski definition) is 6. The minimum absolute atomic E-state index is 0.0168. The van der Waals surface area contributed by atoms with E-state index in [9.17, 15) is 41.5 Å². The van der Waals surface area contributed by atoms with Gasteiger partial charge in [-0.05, 0) is 37.5 Å². The molecule has 2 saturated carbocycles.